The van der Waals surface area contributed by atoms with E-state index in [4.69, 9.17) is 0 Å². The molecule has 170 valence electrons. The maximum atomic E-state index is 2.56. The topological polar surface area (TPSA) is 0 Å². The molecule has 2 aliphatic carbocycles. The van der Waals surface area contributed by atoms with Gasteiger partial charge in [-0.3, -0.25) is 0 Å². The van der Waals surface area contributed by atoms with Gasteiger partial charge in [0.2, 0.25) is 0 Å². The number of allylic oxidation sites excluding steroid dienone is 4. The molecule has 0 aliphatic heterocycles. The molecule has 0 atom stereocenters. The Morgan fingerprint density at radius 1 is 0.844 bits per heavy atom. The standard InChI is InChI=1S/C15H13.C8H18Si.C5H5.2ClH.Zr/c1-10-3-5-14-12(7-10)9-13-8-11(2)4-6-15(13)14;1-3-5-7-9-8-6-4-2;1-2-4-5-3-1;;;/h3-9H,1-2H3;3-8H2,1-2H3;1-3H,4H2;2*1H;/q;;;;;+2/p-2. The minimum absolute atomic E-state index is 0. The summed E-state index contributed by atoms with van der Waals surface area (Å²) in [6, 6.07) is 17.7. The zero-order chi connectivity index (χ0) is 21.1. The van der Waals surface area contributed by atoms with Crippen LogP contribution >= 0.6 is 0 Å². The van der Waals surface area contributed by atoms with Crippen molar-refractivity contribution < 1.29 is 45.2 Å². The van der Waals surface area contributed by atoms with Crippen LogP contribution in [0.15, 0.2) is 57.9 Å². The van der Waals surface area contributed by atoms with E-state index in [1.54, 1.807) is 23.2 Å². The number of hydrogen-bond acceptors (Lipinski definition) is 0. The molecule has 0 aromatic heterocycles. The molecule has 4 rings (SSSR count). The van der Waals surface area contributed by atoms with E-state index in [1.165, 1.54) is 54.4 Å². The first kappa shape index (κ1) is 27.8. The Hall–Kier alpha value is -0.400. The van der Waals surface area contributed by atoms with Crippen LogP contribution in [0.1, 0.15) is 71.8 Å². The predicted molar refractivity (Wildman–Crippen MR) is 130 cm³/mol. The third-order valence-electron chi connectivity index (χ3n) is 6.78. The maximum absolute atomic E-state index is 2.56. The Bertz CT molecular complexity index is 974. The summed E-state index contributed by atoms with van der Waals surface area (Å²) < 4.78 is 2.65. The molecule has 0 N–H and O–H groups in total. The molecule has 2 aromatic rings. The number of aryl methyl sites for hydroxylation is 2. The first-order valence-electron chi connectivity index (χ1n) is 11.9. The number of hydrogen-bond donors (Lipinski definition) is 0. The van der Waals surface area contributed by atoms with Gasteiger partial charge in [0, 0.05) is 0 Å². The molecule has 2 aliphatic rings. The van der Waals surface area contributed by atoms with Gasteiger partial charge in [-0.15, -0.1) is 0 Å². The first-order chi connectivity index (χ1) is 14.6. The second-order valence-corrected chi connectivity index (χ2v) is 24.8. The van der Waals surface area contributed by atoms with Crippen LogP contribution in [0.4, 0.5) is 0 Å². The Morgan fingerprint density at radius 3 is 1.81 bits per heavy atom. The fourth-order valence-electron chi connectivity index (χ4n) is 5.25. The maximum Gasteiger partial charge on any atom is -1.00 e. The van der Waals surface area contributed by atoms with Crippen molar-refractivity contribution in [3.05, 3.63) is 80.2 Å². The Labute approximate surface area is 216 Å². The SMILES string of the molecule is CCCC[Si](CCCC)=[Zr+2]([C]1=CC=CC1)[CH]1c2cc(C)ccc2-c2ccc(C)cc21.[Cl-].[Cl-]. The molecule has 0 amide bonds. The van der Waals surface area contributed by atoms with Gasteiger partial charge in [0.05, 0.1) is 0 Å². The molecule has 0 bridgehead atoms. The fraction of sp³-hybridized carbons (Fsp3) is 0.429. The number of benzene rings is 2. The van der Waals surface area contributed by atoms with Gasteiger partial charge in [0.15, 0.2) is 0 Å². The van der Waals surface area contributed by atoms with Crippen LogP contribution in [0, 0.1) is 13.8 Å². The smallest absolute Gasteiger partial charge is 1.00 e. The molecule has 0 nitrogen and oxygen atoms in total. The van der Waals surface area contributed by atoms with E-state index in [0.29, 0.717) is 0 Å². The van der Waals surface area contributed by atoms with E-state index in [0.717, 1.165) is 3.63 Å². The Morgan fingerprint density at radius 2 is 1.38 bits per heavy atom. The molecule has 0 radical (unpaired) electrons. The number of fused-ring (bicyclic) bond motifs is 3. The minimum atomic E-state index is -1.90. The Balaban J connectivity index is 0.00000181. The molecule has 0 saturated carbocycles. The largest absolute Gasteiger partial charge is 1.00 e. The van der Waals surface area contributed by atoms with Crippen molar-refractivity contribution in [1.29, 1.82) is 0 Å². The van der Waals surface area contributed by atoms with Gasteiger partial charge in [0.25, 0.3) is 0 Å². The average Bonchev–Trinajstić information content (AvgIpc) is 3.36. The van der Waals surface area contributed by atoms with Crippen molar-refractivity contribution >= 4 is 5.43 Å². The third-order valence-corrected chi connectivity index (χ3v) is 27.9. The zero-order valence-corrected chi connectivity index (χ0v) is 24.9. The summed E-state index contributed by atoms with van der Waals surface area (Å²) in [5, 5.41) is 0. The van der Waals surface area contributed by atoms with E-state index in [1.807, 2.05) is 3.28 Å². The number of unbranched alkanes of at least 4 members (excludes halogenated alkanes) is 2. The van der Waals surface area contributed by atoms with Gasteiger partial charge in [-0.05, 0) is 0 Å². The second-order valence-electron chi connectivity index (χ2n) is 9.16. The first-order valence-corrected chi connectivity index (χ1v) is 20.2. The molecular formula is C28H36Cl2SiZr. The summed E-state index contributed by atoms with van der Waals surface area (Å²) in [5.74, 6) is 0. The van der Waals surface area contributed by atoms with E-state index in [2.05, 4.69) is 82.3 Å². The minimum Gasteiger partial charge on any atom is -1.00 e. The van der Waals surface area contributed by atoms with Crippen molar-refractivity contribution in [2.75, 3.05) is 0 Å². The quantitative estimate of drug-likeness (QED) is 0.434. The van der Waals surface area contributed by atoms with Gasteiger partial charge in [-0.1, -0.05) is 0 Å². The zero-order valence-electron chi connectivity index (χ0n) is 20.0. The van der Waals surface area contributed by atoms with Crippen LogP contribution < -0.4 is 24.8 Å². The van der Waals surface area contributed by atoms with Gasteiger partial charge in [-0.25, -0.2) is 0 Å². The summed E-state index contributed by atoms with van der Waals surface area (Å²) in [6.45, 7) is 9.33. The predicted octanol–water partition coefficient (Wildman–Crippen LogP) is 2.43. The molecule has 32 heavy (non-hydrogen) atoms. The van der Waals surface area contributed by atoms with E-state index < -0.39 is 20.4 Å². The monoisotopic (exact) mass is 560 g/mol. The van der Waals surface area contributed by atoms with Crippen molar-refractivity contribution in [3.8, 4) is 11.1 Å². The van der Waals surface area contributed by atoms with Crippen LogP contribution in [-0.4, -0.2) is 5.43 Å². The van der Waals surface area contributed by atoms with Crippen LogP contribution in [0.25, 0.3) is 11.1 Å². The molecule has 0 heterocycles. The molecular weight excluding hydrogens is 527 g/mol. The molecule has 4 heteroatoms. The van der Waals surface area contributed by atoms with Crippen LogP contribution in [-0.2, 0) is 20.4 Å². The van der Waals surface area contributed by atoms with E-state index in [9.17, 15) is 0 Å². The number of rotatable bonds is 8. The molecule has 0 fully saturated rings. The van der Waals surface area contributed by atoms with Gasteiger partial charge in [0.1, 0.15) is 0 Å². The summed E-state index contributed by atoms with van der Waals surface area (Å²) in [4.78, 5) is 0. The summed E-state index contributed by atoms with van der Waals surface area (Å²) in [5.41, 5.74) is 9.02. The number of halogens is 2. The van der Waals surface area contributed by atoms with Crippen LogP contribution in [0.3, 0.4) is 0 Å². The van der Waals surface area contributed by atoms with Gasteiger partial charge >= 0.3 is 193 Å². The molecule has 2 aromatic carbocycles. The van der Waals surface area contributed by atoms with Crippen LogP contribution in [0.2, 0.25) is 12.1 Å². The van der Waals surface area contributed by atoms with Crippen molar-refractivity contribution in [1.82, 2.24) is 0 Å². The van der Waals surface area contributed by atoms with Gasteiger partial charge < -0.3 is 24.8 Å². The van der Waals surface area contributed by atoms with Crippen molar-refractivity contribution in [2.24, 2.45) is 0 Å². The summed E-state index contributed by atoms with van der Waals surface area (Å²) in [7, 11) is 0. The normalized spacial score (nSPS) is 13.4. The van der Waals surface area contributed by atoms with E-state index in [-0.39, 0.29) is 30.2 Å². The van der Waals surface area contributed by atoms with Crippen LogP contribution in [0.5, 0.6) is 0 Å². The fourth-order valence-corrected chi connectivity index (χ4v) is 29.5. The summed E-state index contributed by atoms with van der Waals surface area (Å²) in [6.07, 6.45) is 14.2. The molecule has 0 spiro atoms. The average molecular weight is 563 g/mol. The Kier molecular flexibility index (Phi) is 11.2. The molecule has 0 unspecified atom stereocenters. The van der Waals surface area contributed by atoms with Crippen molar-refractivity contribution in [2.45, 2.75) is 75.5 Å². The molecule has 0 saturated heterocycles. The second kappa shape index (κ2) is 12.9. The van der Waals surface area contributed by atoms with E-state index >= 15 is 0 Å². The van der Waals surface area contributed by atoms with Gasteiger partial charge in [-0.2, -0.15) is 0 Å². The summed E-state index contributed by atoms with van der Waals surface area (Å²) >= 11 is -1.90. The van der Waals surface area contributed by atoms with Crippen molar-refractivity contribution in [3.63, 3.8) is 0 Å². The third kappa shape index (κ3) is 5.80.